The Labute approximate surface area is 388 Å². The van der Waals surface area contributed by atoms with E-state index in [4.69, 9.17) is 33.2 Å². The molecule has 0 radical (unpaired) electrons. The molecule has 9 nitrogen and oxygen atoms in total. The fraction of sp³-hybridized carbons (Fsp3) is 0.583. The zero-order valence-corrected chi connectivity index (χ0v) is 42.0. The number of ether oxygens (including phenoxy) is 1. The number of carbonyl (C=O) groups is 2. The molecular weight excluding hydrogens is 843 g/mol. The normalized spacial score (nSPS) is 15.0. The van der Waals surface area contributed by atoms with Crippen molar-refractivity contribution >= 4 is 67.5 Å². The van der Waals surface area contributed by atoms with E-state index in [-0.39, 0.29) is 11.9 Å². The molecule has 1 aromatic rings. The summed E-state index contributed by atoms with van der Waals surface area (Å²) < 4.78 is 5.87. The zero-order chi connectivity index (χ0) is 45.7. The van der Waals surface area contributed by atoms with Crippen molar-refractivity contribution in [3.63, 3.8) is 0 Å². The van der Waals surface area contributed by atoms with Gasteiger partial charge in [-0.1, -0.05) is 116 Å². The molecule has 13 heteroatoms. The largest absolute Gasteiger partial charge is 0.493 e. The summed E-state index contributed by atoms with van der Waals surface area (Å²) in [6, 6.07) is 6.06. The highest BCUT2D eigenvalue weighted by atomic mass is 35.5. The molecule has 3 amide bonds. The maximum absolute atomic E-state index is 13.1. The number of allylic oxidation sites excluding steroid dienone is 10. The van der Waals surface area contributed by atoms with Gasteiger partial charge < -0.3 is 19.9 Å². The number of thiol groups is 1. The fourth-order valence-corrected chi connectivity index (χ4v) is 7.31. The Morgan fingerprint density at radius 3 is 2.23 bits per heavy atom. The lowest BCUT2D eigenvalue weighted by Crippen LogP contribution is -2.46. The second-order valence-electron chi connectivity index (χ2n) is 14.3. The minimum absolute atomic E-state index is 0.0366. The van der Waals surface area contributed by atoms with Gasteiger partial charge in [0.1, 0.15) is 11.6 Å². The molecule has 0 saturated carbocycles. The highest BCUT2D eigenvalue weighted by Gasteiger charge is 2.30. The number of amides is 3. The summed E-state index contributed by atoms with van der Waals surface area (Å²) in [5, 5.41) is 14.4. The molecule has 1 N–H and O–H groups in total. The van der Waals surface area contributed by atoms with Crippen molar-refractivity contribution in [3.8, 4) is 11.8 Å². The van der Waals surface area contributed by atoms with Crippen LogP contribution >= 0.6 is 44.4 Å². The third kappa shape index (κ3) is 26.9. The van der Waals surface area contributed by atoms with Crippen molar-refractivity contribution < 1.29 is 14.3 Å². The van der Waals surface area contributed by atoms with Crippen LogP contribution in [0.5, 0.6) is 5.75 Å². The van der Waals surface area contributed by atoms with Crippen LogP contribution in [0.15, 0.2) is 80.7 Å². The van der Waals surface area contributed by atoms with Crippen LogP contribution in [-0.4, -0.2) is 98.6 Å². The summed E-state index contributed by atoms with van der Waals surface area (Å²) in [5.41, 5.74) is 0.859. The molecule has 1 aromatic carbocycles. The molecule has 2 aliphatic carbocycles. The van der Waals surface area contributed by atoms with Gasteiger partial charge >= 0.3 is 6.03 Å². The lowest BCUT2D eigenvalue weighted by molar-refractivity contribution is -0.129. The number of aliphatic imine (C=N–C) groups is 1. The number of benzene rings is 1. The lowest BCUT2D eigenvalue weighted by atomic mass is 10.1. The third-order valence-corrected chi connectivity index (χ3v) is 11.0. The van der Waals surface area contributed by atoms with Crippen molar-refractivity contribution in [2.45, 2.75) is 123 Å². The second-order valence-corrected chi connectivity index (χ2v) is 16.8. The average Bonchev–Trinajstić information content (AvgIpc) is 3.46. The number of halogens is 2. The minimum Gasteiger partial charge on any atom is -0.493 e. The molecule has 0 aromatic heterocycles. The number of hydrogen-bond acceptors (Lipinski definition) is 7. The quantitative estimate of drug-likeness (QED) is 0.170. The Hall–Kier alpha value is -3.06. The van der Waals surface area contributed by atoms with E-state index in [0.717, 1.165) is 70.4 Å². The van der Waals surface area contributed by atoms with Crippen molar-refractivity contribution in [2.75, 3.05) is 66.1 Å². The van der Waals surface area contributed by atoms with Gasteiger partial charge in [-0.05, 0) is 108 Å². The van der Waals surface area contributed by atoms with E-state index in [2.05, 4.69) is 69.4 Å². The van der Waals surface area contributed by atoms with Crippen LogP contribution < -0.4 is 15.4 Å². The van der Waals surface area contributed by atoms with Crippen LogP contribution in [0.2, 0.25) is 0 Å². The highest BCUT2D eigenvalue weighted by molar-refractivity contribution is 7.81. The third-order valence-electron chi connectivity index (χ3n) is 8.88. The first-order chi connectivity index (χ1) is 29.5. The van der Waals surface area contributed by atoms with E-state index in [9.17, 15) is 9.59 Å². The molecule has 5 rings (SSSR count). The van der Waals surface area contributed by atoms with Crippen LogP contribution in [0, 0.1) is 11.3 Å². The number of nitrogens with one attached hydrogen (secondary N) is 1. The SMILES string of the molecule is C1CCNCC1.CCC.CCC(=O)N(C)CCC#N.CCCN(CCC)C(=O)N1CCN=C1c1cc(S)c(PC)cc1OCC.ClC1=CC=CCCC1.ClC1=CCC=CC=C1. The van der Waals surface area contributed by atoms with E-state index in [1.54, 1.807) is 16.8 Å². The molecular formula is C48H77Cl2N6O3PS. The van der Waals surface area contributed by atoms with E-state index in [1.807, 2.05) is 73.4 Å². The van der Waals surface area contributed by atoms with E-state index < -0.39 is 0 Å². The monoisotopic (exact) mass is 918 g/mol. The second kappa shape index (κ2) is 38.6. The number of nitrogens with zero attached hydrogens (tertiary/aromatic N) is 5. The molecule has 61 heavy (non-hydrogen) atoms. The smallest absolute Gasteiger partial charge is 0.325 e. The summed E-state index contributed by atoms with van der Waals surface area (Å²) in [4.78, 5) is 34.8. The predicted octanol–water partition coefficient (Wildman–Crippen LogP) is 12.0. The zero-order valence-electron chi connectivity index (χ0n) is 38.6. The van der Waals surface area contributed by atoms with Crippen molar-refractivity contribution in [1.82, 2.24) is 20.0 Å². The molecule has 342 valence electrons. The Morgan fingerprint density at radius 2 is 1.67 bits per heavy atom. The van der Waals surface area contributed by atoms with Crippen LogP contribution in [0.25, 0.3) is 0 Å². The number of carbonyl (C=O) groups excluding carboxylic acids is 2. The van der Waals surface area contributed by atoms with Gasteiger partial charge in [-0.2, -0.15) is 5.26 Å². The summed E-state index contributed by atoms with van der Waals surface area (Å²) in [6.45, 7) is 20.7. The first-order valence-corrected chi connectivity index (χ1v) is 25.0. The molecule has 2 aliphatic heterocycles. The maximum atomic E-state index is 13.1. The lowest BCUT2D eigenvalue weighted by Gasteiger charge is -2.29. The molecule has 1 saturated heterocycles. The van der Waals surface area contributed by atoms with Gasteiger partial charge in [0.05, 0.1) is 31.2 Å². The van der Waals surface area contributed by atoms with Gasteiger partial charge in [-0.3, -0.25) is 14.7 Å². The number of nitriles is 1. The number of urea groups is 1. The average molecular weight is 920 g/mol. The van der Waals surface area contributed by atoms with Gasteiger partial charge in [0.2, 0.25) is 5.91 Å². The summed E-state index contributed by atoms with van der Waals surface area (Å²) >= 11 is 16.0. The molecule has 1 atom stereocenters. The fourth-order valence-electron chi connectivity index (χ4n) is 5.80. The molecule has 1 unspecified atom stereocenters. The Kier molecular flexibility index (Phi) is 36.7. The van der Waals surface area contributed by atoms with Crippen LogP contribution in [0.1, 0.15) is 124 Å². The minimum atomic E-state index is 0.0366. The predicted molar refractivity (Wildman–Crippen MR) is 269 cm³/mol. The van der Waals surface area contributed by atoms with Gasteiger partial charge in [-0.15, -0.1) is 12.6 Å². The van der Waals surface area contributed by atoms with Crippen LogP contribution in [-0.2, 0) is 4.79 Å². The maximum Gasteiger partial charge on any atom is 0.325 e. The van der Waals surface area contributed by atoms with Crippen molar-refractivity contribution in [1.29, 1.82) is 5.26 Å². The molecule has 4 aliphatic rings. The summed E-state index contributed by atoms with van der Waals surface area (Å²) in [5.74, 6) is 1.58. The topological polar surface area (TPSA) is 101 Å². The number of piperidine rings is 1. The molecule has 2 heterocycles. The van der Waals surface area contributed by atoms with Crippen LogP contribution in [0.4, 0.5) is 4.79 Å². The van der Waals surface area contributed by atoms with E-state index in [1.165, 1.54) is 51.6 Å². The van der Waals surface area contributed by atoms with E-state index in [0.29, 0.717) is 53.5 Å². The van der Waals surface area contributed by atoms with Gasteiger partial charge in [0, 0.05) is 54.6 Å². The number of rotatable bonds is 11. The summed E-state index contributed by atoms with van der Waals surface area (Å²) in [6.07, 6.45) is 28.7. The first kappa shape index (κ1) is 57.9. The molecule has 1 fully saturated rings. The Balaban J connectivity index is 0.000000836. The molecule has 0 spiro atoms. The van der Waals surface area contributed by atoms with Crippen molar-refractivity contribution in [3.05, 3.63) is 76.4 Å². The Bertz CT molecular complexity index is 1580. The summed E-state index contributed by atoms with van der Waals surface area (Å²) in [7, 11) is 2.35. The first-order valence-electron chi connectivity index (χ1n) is 22.3. The number of hydrogen-bond donors (Lipinski definition) is 2. The van der Waals surface area contributed by atoms with Crippen LogP contribution in [0.3, 0.4) is 0 Å². The highest BCUT2D eigenvalue weighted by Crippen LogP contribution is 2.28. The standard InChI is InChI=1S/C19H30N3O2PS.C7H9Cl.C7H7Cl.C7H12N2O.C5H11N.C3H8/c1-5-9-21(10-6-2)19(23)22-11-8-20-18(22)14-12-17(26)16(25-4)13-15(14)24-7-3;2*8-7-5-3-1-2-4-6-7;1-3-7(10)9(2)6-4-5-8;1-2-4-6-5-3-1;1-3-2/h12-13,25-26H,5-11H2,1-4H3;1,3,5H,2,4,6H2;1-3,5-6H,4H2;3-4,6H2,1-2H3;6H,1-5H2;3H2,1-2H3. The van der Waals surface area contributed by atoms with Gasteiger partial charge in [0.15, 0.2) is 0 Å². The molecule has 0 bridgehead atoms. The number of amidine groups is 1. The van der Waals surface area contributed by atoms with Gasteiger partial charge in [0.25, 0.3) is 0 Å². The Morgan fingerprint density at radius 1 is 0.984 bits per heavy atom. The van der Waals surface area contributed by atoms with Gasteiger partial charge in [-0.25, -0.2) is 4.79 Å². The van der Waals surface area contributed by atoms with E-state index >= 15 is 0 Å². The van der Waals surface area contributed by atoms with Crippen molar-refractivity contribution in [2.24, 2.45) is 4.99 Å².